The third-order valence-electron chi connectivity index (χ3n) is 7.35. The second kappa shape index (κ2) is 11.3. The van der Waals surface area contributed by atoms with E-state index in [0.29, 0.717) is 48.0 Å². The quantitative estimate of drug-likeness (QED) is 0.366. The Balaban J connectivity index is 1.47. The number of benzene rings is 1. The van der Waals surface area contributed by atoms with Gasteiger partial charge in [-0.25, -0.2) is 14.4 Å². The summed E-state index contributed by atoms with van der Waals surface area (Å²) in [7, 11) is 1.78. The number of ether oxygens (including phenoxy) is 1. The van der Waals surface area contributed by atoms with Crippen molar-refractivity contribution in [2.45, 2.75) is 64.4 Å². The van der Waals surface area contributed by atoms with E-state index in [0.717, 1.165) is 35.3 Å². The standard InChI is InChI=1S/C28H37FN6O3/c1-16-26(25-17(2)34-38-18(25)3)32-28(19-6-5-7-22(12-19)37-15-21(36)13-30-4)33-27(16)31-24-10-11-35(14-23(24)29)20-8-9-20/h5-7,12,20-21,23-24,30,36H,8-11,13-15H2,1-4H3,(H,31,32,33)/t21?,23-,24-/m1/s1. The minimum absolute atomic E-state index is 0.160. The van der Waals surface area contributed by atoms with Crippen molar-refractivity contribution in [2.24, 2.45) is 0 Å². The first kappa shape index (κ1) is 26.5. The predicted molar refractivity (Wildman–Crippen MR) is 144 cm³/mol. The summed E-state index contributed by atoms with van der Waals surface area (Å²) in [5.74, 6) is 2.36. The lowest BCUT2D eigenvalue weighted by Crippen LogP contribution is -2.48. The van der Waals surface area contributed by atoms with Crippen LogP contribution in [-0.4, -0.2) is 82.8 Å². The van der Waals surface area contributed by atoms with Gasteiger partial charge in [0.15, 0.2) is 5.82 Å². The molecule has 3 N–H and O–H groups in total. The molecule has 0 amide bonds. The first-order valence-corrected chi connectivity index (χ1v) is 13.4. The van der Waals surface area contributed by atoms with Gasteiger partial charge in [-0.15, -0.1) is 0 Å². The number of hydrogen-bond donors (Lipinski definition) is 3. The van der Waals surface area contributed by atoms with Crippen LogP contribution in [0.3, 0.4) is 0 Å². The van der Waals surface area contributed by atoms with Gasteiger partial charge in [0.1, 0.15) is 36.2 Å². The van der Waals surface area contributed by atoms with Gasteiger partial charge in [0.2, 0.25) is 0 Å². The largest absolute Gasteiger partial charge is 0.491 e. The van der Waals surface area contributed by atoms with Gasteiger partial charge in [0, 0.05) is 36.8 Å². The van der Waals surface area contributed by atoms with Crippen LogP contribution in [0.2, 0.25) is 0 Å². The monoisotopic (exact) mass is 524 g/mol. The van der Waals surface area contributed by atoms with Gasteiger partial charge in [-0.2, -0.15) is 0 Å². The number of anilines is 1. The zero-order valence-electron chi connectivity index (χ0n) is 22.5. The molecule has 10 heteroatoms. The number of aliphatic hydroxyl groups is 1. The van der Waals surface area contributed by atoms with Gasteiger partial charge in [-0.05, 0) is 59.2 Å². The summed E-state index contributed by atoms with van der Waals surface area (Å²) >= 11 is 0. The zero-order chi connectivity index (χ0) is 26.8. The molecule has 1 saturated heterocycles. The summed E-state index contributed by atoms with van der Waals surface area (Å²) in [6.45, 7) is 7.63. The van der Waals surface area contributed by atoms with Crippen LogP contribution < -0.4 is 15.4 Å². The lowest BCUT2D eigenvalue weighted by molar-refractivity contribution is 0.108. The Labute approximate surface area is 222 Å². The number of aryl methyl sites for hydroxylation is 2. The third-order valence-corrected chi connectivity index (χ3v) is 7.35. The average molecular weight is 525 g/mol. The summed E-state index contributed by atoms with van der Waals surface area (Å²) in [6.07, 6.45) is 1.47. The van der Waals surface area contributed by atoms with E-state index in [2.05, 4.69) is 20.7 Å². The maximum absolute atomic E-state index is 15.3. The molecule has 38 heavy (non-hydrogen) atoms. The molecule has 3 atom stereocenters. The summed E-state index contributed by atoms with van der Waals surface area (Å²) in [5, 5.41) is 20.5. The number of likely N-dealkylation sites (N-methyl/N-ethyl adjacent to an activating group) is 1. The highest BCUT2D eigenvalue weighted by Crippen LogP contribution is 2.35. The third kappa shape index (κ3) is 5.82. The molecule has 2 aromatic heterocycles. The van der Waals surface area contributed by atoms with Gasteiger partial charge in [0.25, 0.3) is 0 Å². The van der Waals surface area contributed by atoms with E-state index in [1.165, 1.54) is 12.8 Å². The van der Waals surface area contributed by atoms with E-state index in [-0.39, 0.29) is 12.6 Å². The molecule has 5 rings (SSSR count). The van der Waals surface area contributed by atoms with Crippen molar-refractivity contribution in [3.8, 4) is 28.4 Å². The van der Waals surface area contributed by atoms with Crippen molar-refractivity contribution in [2.75, 3.05) is 38.6 Å². The molecule has 1 saturated carbocycles. The summed E-state index contributed by atoms with van der Waals surface area (Å²) in [4.78, 5) is 12.1. The molecule has 2 fully saturated rings. The predicted octanol–water partition coefficient (Wildman–Crippen LogP) is 3.67. The van der Waals surface area contributed by atoms with Gasteiger partial charge in [-0.3, -0.25) is 4.90 Å². The van der Waals surface area contributed by atoms with Crippen molar-refractivity contribution in [1.29, 1.82) is 0 Å². The number of piperidine rings is 1. The molecule has 2 aliphatic rings. The second-order valence-corrected chi connectivity index (χ2v) is 10.4. The fourth-order valence-electron chi connectivity index (χ4n) is 5.10. The number of alkyl halides is 1. The number of nitrogens with one attached hydrogen (secondary N) is 2. The molecular formula is C28H37FN6O3. The first-order valence-electron chi connectivity index (χ1n) is 13.4. The van der Waals surface area contributed by atoms with E-state index in [9.17, 15) is 5.11 Å². The molecular weight excluding hydrogens is 487 g/mol. The maximum Gasteiger partial charge on any atom is 0.162 e. The van der Waals surface area contributed by atoms with Crippen LogP contribution in [0.4, 0.5) is 10.2 Å². The molecule has 3 heterocycles. The van der Waals surface area contributed by atoms with Crippen molar-refractivity contribution in [3.05, 3.63) is 41.3 Å². The Morgan fingerprint density at radius 2 is 2.03 bits per heavy atom. The number of likely N-dealkylation sites (tertiary alicyclic amines) is 1. The maximum atomic E-state index is 15.3. The molecule has 1 aliphatic carbocycles. The number of halogens is 1. The van der Waals surface area contributed by atoms with Crippen molar-refractivity contribution in [3.63, 3.8) is 0 Å². The molecule has 204 valence electrons. The highest BCUT2D eigenvalue weighted by atomic mass is 19.1. The molecule has 0 radical (unpaired) electrons. The lowest BCUT2D eigenvalue weighted by Gasteiger charge is -2.35. The molecule has 9 nitrogen and oxygen atoms in total. The molecule has 0 bridgehead atoms. The van der Waals surface area contributed by atoms with Crippen LogP contribution in [0.25, 0.3) is 22.6 Å². The second-order valence-electron chi connectivity index (χ2n) is 10.4. The van der Waals surface area contributed by atoms with Crippen molar-refractivity contribution in [1.82, 2.24) is 25.3 Å². The van der Waals surface area contributed by atoms with Gasteiger partial charge < -0.3 is 25.0 Å². The number of aromatic nitrogens is 3. The molecule has 3 aromatic rings. The van der Waals surface area contributed by atoms with Crippen LogP contribution in [0, 0.1) is 20.8 Å². The van der Waals surface area contributed by atoms with E-state index in [4.69, 9.17) is 19.2 Å². The first-order chi connectivity index (χ1) is 18.3. The van der Waals surface area contributed by atoms with E-state index in [1.54, 1.807) is 7.05 Å². The lowest BCUT2D eigenvalue weighted by atomic mass is 10.0. The van der Waals surface area contributed by atoms with Gasteiger partial charge >= 0.3 is 0 Å². The number of hydrogen-bond acceptors (Lipinski definition) is 9. The minimum Gasteiger partial charge on any atom is -0.491 e. The summed E-state index contributed by atoms with van der Waals surface area (Å²) < 4.78 is 26.5. The Kier molecular flexibility index (Phi) is 7.92. The Bertz CT molecular complexity index is 1240. The molecule has 1 aliphatic heterocycles. The van der Waals surface area contributed by atoms with E-state index in [1.807, 2.05) is 45.0 Å². The van der Waals surface area contributed by atoms with Crippen LogP contribution >= 0.6 is 0 Å². The molecule has 0 spiro atoms. The van der Waals surface area contributed by atoms with Crippen molar-refractivity contribution >= 4 is 5.82 Å². The summed E-state index contributed by atoms with van der Waals surface area (Å²) in [5.41, 5.74) is 3.83. The van der Waals surface area contributed by atoms with Crippen LogP contribution in [0.5, 0.6) is 5.75 Å². The van der Waals surface area contributed by atoms with Crippen LogP contribution in [0.15, 0.2) is 28.8 Å². The zero-order valence-corrected chi connectivity index (χ0v) is 22.5. The van der Waals surface area contributed by atoms with Crippen LogP contribution in [0.1, 0.15) is 36.3 Å². The highest BCUT2D eigenvalue weighted by molar-refractivity contribution is 5.74. The SMILES string of the molecule is CNCC(O)COc1cccc(-c2nc(N[C@@H]3CCN(C4CC4)C[C@H]3F)c(C)c(-c3c(C)noc3C)n2)c1. The summed E-state index contributed by atoms with van der Waals surface area (Å²) in [6, 6.07) is 7.69. The van der Waals surface area contributed by atoms with Crippen molar-refractivity contribution < 1.29 is 18.8 Å². The minimum atomic E-state index is -0.981. The Hall–Kier alpha value is -3.08. The highest BCUT2D eigenvalue weighted by Gasteiger charge is 2.37. The molecule has 1 aromatic carbocycles. The number of nitrogens with zero attached hydrogens (tertiary/aromatic N) is 4. The van der Waals surface area contributed by atoms with Gasteiger partial charge in [0.05, 0.1) is 23.0 Å². The van der Waals surface area contributed by atoms with E-state index < -0.39 is 12.3 Å². The number of aliphatic hydroxyl groups excluding tert-OH is 1. The Morgan fingerprint density at radius 1 is 1.21 bits per heavy atom. The average Bonchev–Trinajstić information content (AvgIpc) is 3.70. The van der Waals surface area contributed by atoms with Gasteiger partial charge in [-0.1, -0.05) is 17.3 Å². The van der Waals surface area contributed by atoms with Crippen LogP contribution in [-0.2, 0) is 0 Å². The smallest absolute Gasteiger partial charge is 0.162 e. The number of rotatable bonds is 10. The fraction of sp³-hybridized carbons (Fsp3) is 0.536. The topological polar surface area (TPSA) is 109 Å². The molecule has 1 unspecified atom stereocenters. The Morgan fingerprint density at radius 3 is 2.71 bits per heavy atom. The normalized spacial score (nSPS) is 20.9. The van der Waals surface area contributed by atoms with E-state index >= 15 is 4.39 Å². The fourth-order valence-corrected chi connectivity index (χ4v) is 5.10.